The summed E-state index contributed by atoms with van der Waals surface area (Å²) in [7, 11) is 0. The largest absolute Gasteiger partial charge is 0.482 e. The number of ether oxygens (including phenoxy) is 2. The van der Waals surface area contributed by atoms with E-state index in [-0.39, 0.29) is 22.7 Å². The van der Waals surface area contributed by atoms with Crippen LogP contribution in [0, 0.1) is 0 Å². The van der Waals surface area contributed by atoms with Gasteiger partial charge in [-0.1, -0.05) is 35.5 Å². The molecule has 100 valence electrons. The molecule has 0 aliphatic rings. The third-order valence-electron chi connectivity index (χ3n) is 2.31. The Morgan fingerprint density at radius 3 is 2.79 bits per heavy atom. The van der Waals surface area contributed by atoms with Crippen LogP contribution >= 0.6 is 15.9 Å². The Labute approximate surface area is 118 Å². The quantitative estimate of drug-likeness (QED) is 0.790. The van der Waals surface area contributed by atoms with Gasteiger partial charge in [-0.3, -0.25) is 0 Å². The molecule has 0 amide bonds. The minimum absolute atomic E-state index is 0.0321. The summed E-state index contributed by atoms with van der Waals surface area (Å²) in [5.74, 6) is -0.317. The van der Waals surface area contributed by atoms with Crippen LogP contribution in [0.2, 0.25) is 0 Å². The van der Waals surface area contributed by atoms with Crippen molar-refractivity contribution in [1.82, 2.24) is 5.16 Å². The lowest BCUT2D eigenvalue weighted by molar-refractivity contribution is 0.0510. The number of halogens is 1. The van der Waals surface area contributed by atoms with E-state index in [4.69, 9.17) is 14.0 Å². The van der Waals surface area contributed by atoms with Crippen molar-refractivity contribution in [3.8, 4) is 5.75 Å². The van der Waals surface area contributed by atoms with Crippen LogP contribution < -0.4 is 4.74 Å². The molecule has 0 aliphatic heterocycles. The number of hydrogen-bond acceptors (Lipinski definition) is 5. The Balaban J connectivity index is 2.11. The summed E-state index contributed by atoms with van der Waals surface area (Å²) in [6.07, 6.45) is 0. The van der Waals surface area contributed by atoms with Crippen molar-refractivity contribution in [3.05, 3.63) is 46.3 Å². The fourth-order valence-corrected chi connectivity index (χ4v) is 1.82. The Kier molecular flexibility index (Phi) is 4.57. The summed E-state index contributed by atoms with van der Waals surface area (Å²) in [6.45, 7) is 2.30. The number of benzene rings is 1. The summed E-state index contributed by atoms with van der Waals surface area (Å²) in [6, 6.07) is 9.58. The topological polar surface area (TPSA) is 61.6 Å². The van der Waals surface area contributed by atoms with Crippen LogP contribution in [0.15, 0.2) is 39.5 Å². The van der Waals surface area contributed by atoms with E-state index in [2.05, 4.69) is 21.1 Å². The van der Waals surface area contributed by atoms with Gasteiger partial charge >= 0.3 is 5.97 Å². The molecule has 0 atom stereocenters. The molecule has 0 saturated heterocycles. The highest BCUT2D eigenvalue weighted by atomic mass is 79.9. The number of rotatable bonds is 5. The van der Waals surface area contributed by atoms with Gasteiger partial charge in [0.25, 0.3) is 0 Å². The normalized spacial score (nSPS) is 10.2. The molecule has 6 heteroatoms. The van der Waals surface area contributed by atoms with Gasteiger partial charge < -0.3 is 14.0 Å². The molecule has 0 unspecified atom stereocenters. The molecule has 0 fully saturated rings. The number of aromatic nitrogens is 1. The Hall–Kier alpha value is -1.82. The molecule has 0 radical (unpaired) electrons. The molecule has 5 nitrogen and oxygen atoms in total. The third-order valence-corrected chi connectivity index (χ3v) is 2.81. The zero-order chi connectivity index (χ0) is 13.7. The summed E-state index contributed by atoms with van der Waals surface area (Å²) in [5, 5.41) is 3.63. The molecule has 2 aromatic rings. The number of hydrogen-bond donors (Lipinski definition) is 0. The lowest BCUT2D eigenvalue weighted by Crippen LogP contribution is -2.07. The van der Waals surface area contributed by atoms with Crippen LogP contribution in [0.25, 0.3) is 0 Å². The van der Waals surface area contributed by atoms with Gasteiger partial charge in [-0.15, -0.1) is 0 Å². The summed E-state index contributed by atoms with van der Waals surface area (Å²) in [4.78, 5) is 11.6. The minimum Gasteiger partial charge on any atom is -0.482 e. The van der Waals surface area contributed by atoms with Gasteiger partial charge in [0.2, 0.25) is 16.1 Å². The first-order valence-electron chi connectivity index (χ1n) is 5.71. The highest BCUT2D eigenvalue weighted by Crippen LogP contribution is 2.30. The van der Waals surface area contributed by atoms with Crippen molar-refractivity contribution < 1.29 is 18.8 Å². The molecule has 0 N–H and O–H groups in total. The maximum atomic E-state index is 11.6. The Morgan fingerprint density at radius 2 is 2.11 bits per heavy atom. The average Bonchev–Trinajstić information content (AvgIpc) is 2.79. The fraction of sp³-hybridized carbons (Fsp3) is 0.231. The maximum absolute atomic E-state index is 11.6. The van der Waals surface area contributed by atoms with Gasteiger partial charge in [0.05, 0.1) is 6.61 Å². The van der Waals surface area contributed by atoms with Crippen molar-refractivity contribution >= 4 is 21.9 Å². The Morgan fingerprint density at radius 1 is 1.37 bits per heavy atom. The van der Waals surface area contributed by atoms with Crippen LogP contribution in [-0.2, 0) is 11.3 Å². The first-order chi connectivity index (χ1) is 9.22. The predicted molar refractivity (Wildman–Crippen MR) is 70.9 cm³/mol. The number of nitrogens with zero attached hydrogens (tertiary/aromatic N) is 1. The highest BCUT2D eigenvalue weighted by molar-refractivity contribution is 9.10. The molecular formula is C13H12BrNO4. The van der Waals surface area contributed by atoms with E-state index in [1.807, 2.05) is 30.3 Å². The molecule has 1 aromatic carbocycles. The zero-order valence-corrected chi connectivity index (χ0v) is 11.8. The predicted octanol–water partition coefficient (Wildman–Crippen LogP) is 3.19. The molecule has 2 rings (SSSR count). The second-order valence-corrected chi connectivity index (χ2v) is 4.35. The third kappa shape index (κ3) is 3.35. The van der Waals surface area contributed by atoms with Crippen LogP contribution in [0.1, 0.15) is 23.0 Å². The fourth-order valence-electron chi connectivity index (χ4n) is 1.45. The van der Waals surface area contributed by atoms with Crippen LogP contribution in [0.5, 0.6) is 5.75 Å². The molecule has 0 bridgehead atoms. The molecule has 1 heterocycles. The minimum atomic E-state index is -0.569. The number of esters is 1. The van der Waals surface area contributed by atoms with Crippen molar-refractivity contribution in [1.29, 1.82) is 0 Å². The van der Waals surface area contributed by atoms with E-state index < -0.39 is 5.97 Å². The molecular weight excluding hydrogens is 314 g/mol. The van der Waals surface area contributed by atoms with Crippen molar-refractivity contribution in [2.75, 3.05) is 6.61 Å². The number of carbonyl (C=O) groups is 1. The smallest absolute Gasteiger partial charge is 0.364 e. The highest BCUT2D eigenvalue weighted by Gasteiger charge is 2.23. The van der Waals surface area contributed by atoms with Crippen LogP contribution in [0.4, 0.5) is 0 Å². The van der Waals surface area contributed by atoms with Crippen molar-refractivity contribution in [2.45, 2.75) is 13.5 Å². The monoisotopic (exact) mass is 325 g/mol. The van der Waals surface area contributed by atoms with Crippen molar-refractivity contribution in [2.24, 2.45) is 0 Å². The first-order valence-corrected chi connectivity index (χ1v) is 6.50. The molecule has 19 heavy (non-hydrogen) atoms. The van der Waals surface area contributed by atoms with Gasteiger partial charge in [0, 0.05) is 0 Å². The summed E-state index contributed by atoms with van der Waals surface area (Å²) in [5.41, 5.74) is 1.01. The Bertz CT molecular complexity index is 553. The summed E-state index contributed by atoms with van der Waals surface area (Å²) >= 11 is 3.15. The van der Waals surface area contributed by atoms with Gasteiger partial charge in [-0.05, 0) is 28.4 Å². The van der Waals surface area contributed by atoms with E-state index in [0.717, 1.165) is 5.56 Å². The van der Waals surface area contributed by atoms with E-state index in [0.29, 0.717) is 6.61 Å². The van der Waals surface area contributed by atoms with Gasteiger partial charge in [-0.25, -0.2) is 4.79 Å². The van der Waals surface area contributed by atoms with E-state index in [1.165, 1.54) is 0 Å². The standard InChI is InChI=1S/C13H12BrNO4/c1-2-17-13(16)10-11(12(14)19-15-10)18-8-9-6-4-3-5-7-9/h3-7H,2,8H2,1H3. The SMILES string of the molecule is CCOC(=O)c1noc(Br)c1OCc1ccccc1. The molecule has 0 saturated carbocycles. The van der Waals surface area contributed by atoms with Gasteiger partial charge in [-0.2, -0.15) is 0 Å². The van der Waals surface area contributed by atoms with E-state index >= 15 is 0 Å². The molecule has 0 aliphatic carbocycles. The van der Waals surface area contributed by atoms with Crippen molar-refractivity contribution in [3.63, 3.8) is 0 Å². The summed E-state index contributed by atoms with van der Waals surface area (Å²) < 4.78 is 15.6. The van der Waals surface area contributed by atoms with Crippen LogP contribution in [0.3, 0.4) is 0 Å². The van der Waals surface area contributed by atoms with Gasteiger partial charge in [0.15, 0.2) is 0 Å². The van der Waals surface area contributed by atoms with E-state index in [1.54, 1.807) is 6.92 Å². The molecule has 1 aromatic heterocycles. The second-order valence-electron chi connectivity index (χ2n) is 3.63. The second kappa shape index (κ2) is 6.38. The number of carbonyl (C=O) groups excluding carboxylic acids is 1. The van der Waals surface area contributed by atoms with E-state index in [9.17, 15) is 4.79 Å². The lowest BCUT2D eigenvalue weighted by Gasteiger charge is -2.05. The maximum Gasteiger partial charge on any atom is 0.364 e. The lowest BCUT2D eigenvalue weighted by atomic mass is 10.2. The first kappa shape index (κ1) is 13.6. The van der Waals surface area contributed by atoms with Crippen LogP contribution in [-0.4, -0.2) is 17.7 Å². The average molecular weight is 326 g/mol. The van der Waals surface area contributed by atoms with Gasteiger partial charge in [0.1, 0.15) is 6.61 Å². The molecule has 0 spiro atoms. The zero-order valence-electron chi connectivity index (χ0n) is 10.3.